The van der Waals surface area contributed by atoms with Crippen molar-refractivity contribution in [3.05, 3.63) is 34.4 Å². The van der Waals surface area contributed by atoms with E-state index in [1.54, 1.807) is 12.1 Å². The number of benzene rings is 1. The van der Waals surface area contributed by atoms with Crippen molar-refractivity contribution in [1.82, 2.24) is 20.2 Å². The Morgan fingerprint density at radius 2 is 1.79 bits per heavy atom. The number of tetrazole rings is 1. The van der Waals surface area contributed by atoms with Gasteiger partial charge in [-0.05, 0) is 66.2 Å². The summed E-state index contributed by atoms with van der Waals surface area (Å²) in [5, 5.41) is 23.5. The fourth-order valence-corrected chi connectivity index (χ4v) is 5.64. The van der Waals surface area contributed by atoms with Gasteiger partial charge in [0.25, 0.3) is 5.69 Å². The van der Waals surface area contributed by atoms with Crippen LogP contribution in [0.5, 0.6) is 0 Å². The maximum atomic E-state index is 11.1. The molecule has 1 aromatic carbocycles. The van der Waals surface area contributed by atoms with E-state index < -0.39 is 0 Å². The van der Waals surface area contributed by atoms with Crippen molar-refractivity contribution in [1.29, 1.82) is 0 Å². The summed E-state index contributed by atoms with van der Waals surface area (Å²) in [5.41, 5.74) is 0.801. The zero-order valence-corrected chi connectivity index (χ0v) is 13.3. The highest BCUT2D eigenvalue weighted by Crippen LogP contribution is 2.58. The average Bonchev–Trinajstić information content (AvgIpc) is 3.03. The van der Waals surface area contributed by atoms with Gasteiger partial charge in [0, 0.05) is 17.7 Å². The Bertz CT molecular complexity index is 774. The van der Waals surface area contributed by atoms with Crippen molar-refractivity contribution in [3.63, 3.8) is 0 Å². The first-order valence-corrected chi connectivity index (χ1v) is 8.71. The van der Waals surface area contributed by atoms with Gasteiger partial charge in [-0.2, -0.15) is 0 Å². The summed E-state index contributed by atoms with van der Waals surface area (Å²) in [6.07, 6.45) is 6.54. The third-order valence-electron chi connectivity index (χ3n) is 6.27. The molecule has 6 rings (SSSR count). The molecule has 2 aromatic rings. The topological polar surface area (TPSA) is 86.7 Å². The number of rotatable bonds is 3. The second-order valence-electron chi connectivity index (χ2n) is 7.68. The lowest BCUT2D eigenvalue weighted by molar-refractivity contribution is -0.384. The predicted molar refractivity (Wildman–Crippen MR) is 86.0 cm³/mol. The highest BCUT2D eigenvalue weighted by Gasteiger charge is 2.50. The minimum absolute atomic E-state index is 0.0760. The van der Waals surface area contributed by atoms with E-state index in [1.165, 1.54) is 38.2 Å². The van der Waals surface area contributed by atoms with Crippen molar-refractivity contribution < 1.29 is 4.92 Å². The molecule has 4 aliphatic rings. The van der Waals surface area contributed by atoms with Crippen LogP contribution in [-0.2, 0) is 0 Å². The molecule has 4 aliphatic carbocycles. The Labute approximate surface area is 139 Å². The van der Waals surface area contributed by atoms with Gasteiger partial charge in [-0.25, -0.2) is 4.68 Å². The Hall–Kier alpha value is -2.31. The van der Waals surface area contributed by atoms with Gasteiger partial charge in [-0.1, -0.05) is 12.1 Å². The largest absolute Gasteiger partial charge is 0.270 e. The van der Waals surface area contributed by atoms with Gasteiger partial charge in [0.05, 0.1) is 11.0 Å². The van der Waals surface area contributed by atoms with Gasteiger partial charge in [-0.3, -0.25) is 10.1 Å². The van der Waals surface area contributed by atoms with Crippen LogP contribution in [0.25, 0.3) is 11.4 Å². The first-order chi connectivity index (χ1) is 11.7. The van der Waals surface area contributed by atoms with E-state index in [1.807, 2.05) is 10.7 Å². The van der Waals surface area contributed by atoms with Gasteiger partial charge in [0.1, 0.15) is 0 Å². The Balaban J connectivity index is 1.54. The van der Waals surface area contributed by atoms with Gasteiger partial charge < -0.3 is 0 Å². The van der Waals surface area contributed by atoms with Gasteiger partial charge in [-0.15, -0.1) is 5.10 Å². The van der Waals surface area contributed by atoms with Crippen LogP contribution < -0.4 is 0 Å². The molecule has 1 aromatic heterocycles. The third kappa shape index (κ3) is 2.07. The van der Waals surface area contributed by atoms with Crippen LogP contribution in [-0.4, -0.2) is 25.1 Å². The van der Waals surface area contributed by atoms with Crippen LogP contribution in [0.1, 0.15) is 38.1 Å². The number of nitro groups is 1. The number of hydrogen-bond donors (Lipinski definition) is 0. The van der Waals surface area contributed by atoms with Crippen LogP contribution in [0.3, 0.4) is 0 Å². The fourth-order valence-electron chi connectivity index (χ4n) is 5.64. The molecule has 7 heteroatoms. The second-order valence-corrected chi connectivity index (χ2v) is 7.68. The van der Waals surface area contributed by atoms with Crippen LogP contribution in [0.15, 0.2) is 24.3 Å². The molecule has 0 N–H and O–H groups in total. The zero-order valence-electron chi connectivity index (χ0n) is 13.3. The summed E-state index contributed by atoms with van der Waals surface area (Å²) >= 11 is 0. The minimum Gasteiger partial charge on any atom is -0.258 e. The smallest absolute Gasteiger partial charge is 0.258 e. The predicted octanol–water partition coefficient (Wildman–Crippen LogP) is 3.25. The SMILES string of the molecule is O=[N+]([O-])c1cccc(-c2nnnn2C2C3CC4CC(C3)CC2C4)c1. The van der Waals surface area contributed by atoms with E-state index >= 15 is 0 Å². The second kappa shape index (κ2) is 5.09. The molecular formula is C17H19N5O2. The molecule has 124 valence electrons. The normalized spacial score (nSPS) is 33.8. The quantitative estimate of drug-likeness (QED) is 0.638. The van der Waals surface area contributed by atoms with Gasteiger partial charge >= 0.3 is 0 Å². The van der Waals surface area contributed by atoms with Crippen molar-refractivity contribution in [3.8, 4) is 11.4 Å². The van der Waals surface area contributed by atoms with Crippen molar-refractivity contribution in [2.75, 3.05) is 0 Å². The van der Waals surface area contributed by atoms with E-state index in [-0.39, 0.29) is 10.6 Å². The molecule has 7 nitrogen and oxygen atoms in total. The molecule has 0 saturated heterocycles. The molecule has 0 unspecified atom stereocenters. The van der Waals surface area contributed by atoms with E-state index in [4.69, 9.17) is 0 Å². The molecular weight excluding hydrogens is 306 g/mol. The molecule has 0 aliphatic heterocycles. The van der Waals surface area contributed by atoms with Crippen molar-refractivity contribution in [2.45, 2.75) is 38.1 Å². The van der Waals surface area contributed by atoms with Crippen LogP contribution in [0.2, 0.25) is 0 Å². The third-order valence-corrected chi connectivity index (χ3v) is 6.27. The summed E-state index contributed by atoms with van der Waals surface area (Å²) in [7, 11) is 0. The lowest BCUT2D eigenvalue weighted by atomic mass is 9.54. The number of hydrogen-bond acceptors (Lipinski definition) is 5. The number of non-ortho nitro benzene ring substituents is 1. The number of nitrogens with zero attached hydrogens (tertiary/aromatic N) is 5. The maximum absolute atomic E-state index is 11.1. The molecule has 0 spiro atoms. The zero-order chi connectivity index (χ0) is 16.3. The summed E-state index contributed by atoms with van der Waals surface area (Å²) in [6.45, 7) is 0. The van der Waals surface area contributed by atoms with Crippen LogP contribution >= 0.6 is 0 Å². The lowest BCUT2D eigenvalue weighted by Crippen LogP contribution is -2.46. The number of nitro benzene ring substituents is 1. The highest BCUT2D eigenvalue weighted by molar-refractivity contribution is 5.59. The maximum Gasteiger partial charge on any atom is 0.270 e. The molecule has 24 heavy (non-hydrogen) atoms. The van der Waals surface area contributed by atoms with Gasteiger partial charge in [0.15, 0.2) is 5.82 Å². The Morgan fingerprint density at radius 3 is 2.46 bits per heavy atom. The standard InChI is InChI=1S/C17H19N5O2/c23-22(24)15-3-1-2-12(9-15)17-18-19-20-21(17)16-13-5-10-4-11(7-13)8-14(16)6-10/h1-3,9-11,13-14,16H,4-8H2. The van der Waals surface area contributed by atoms with Crippen LogP contribution in [0.4, 0.5) is 5.69 Å². The molecule has 4 saturated carbocycles. The Kier molecular flexibility index (Phi) is 2.98. The van der Waals surface area contributed by atoms with Crippen LogP contribution in [0, 0.1) is 33.8 Å². The molecule has 4 fully saturated rings. The molecule has 0 amide bonds. The van der Waals surface area contributed by atoms with Gasteiger partial charge in [0.2, 0.25) is 0 Å². The first-order valence-electron chi connectivity index (χ1n) is 8.71. The molecule has 0 radical (unpaired) electrons. The lowest BCUT2D eigenvalue weighted by Gasteiger charge is -2.54. The Morgan fingerprint density at radius 1 is 1.08 bits per heavy atom. The molecule has 4 bridgehead atoms. The van der Waals surface area contributed by atoms with E-state index in [0.717, 1.165) is 17.4 Å². The minimum atomic E-state index is -0.374. The average molecular weight is 325 g/mol. The first kappa shape index (κ1) is 14.1. The van der Waals surface area contributed by atoms with E-state index in [0.29, 0.717) is 23.7 Å². The summed E-state index contributed by atoms with van der Waals surface area (Å²) in [6, 6.07) is 6.97. The van der Waals surface area contributed by atoms with E-state index in [9.17, 15) is 10.1 Å². The fraction of sp³-hybridized carbons (Fsp3) is 0.588. The summed E-state index contributed by atoms with van der Waals surface area (Å²) in [4.78, 5) is 10.7. The highest BCUT2D eigenvalue weighted by atomic mass is 16.6. The number of aromatic nitrogens is 4. The molecule has 1 heterocycles. The molecule has 0 atom stereocenters. The monoisotopic (exact) mass is 325 g/mol. The summed E-state index contributed by atoms with van der Waals surface area (Å²) in [5.74, 6) is 3.75. The summed E-state index contributed by atoms with van der Waals surface area (Å²) < 4.78 is 1.96. The van der Waals surface area contributed by atoms with Crippen molar-refractivity contribution in [2.24, 2.45) is 23.7 Å². The van der Waals surface area contributed by atoms with E-state index in [2.05, 4.69) is 15.5 Å². The van der Waals surface area contributed by atoms with Crippen molar-refractivity contribution >= 4 is 5.69 Å².